The lowest BCUT2D eigenvalue weighted by Crippen LogP contribution is -2.46. The van der Waals surface area contributed by atoms with Crippen molar-refractivity contribution in [1.29, 1.82) is 0 Å². The molecular weight excluding hydrogens is 360 g/mol. The molecule has 0 radical (unpaired) electrons. The van der Waals surface area contributed by atoms with E-state index < -0.39 is 0 Å². The molecule has 2 heterocycles. The van der Waals surface area contributed by atoms with Gasteiger partial charge in [-0.3, -0.25) is 4.90 Å². The molecule has 27 heavy (non-hydrogen) atoms. The molecule has 0 spiro atoms. The molecule has 0 bridgehead atoms. The number of ether oxygens (including phenoxy) is 1. The maximum absolute atomic E-state index is 5.48. The van der Waals surface area contributed by atoms with Gasteiger partial charge in [0, 0.05) is 45.5 Å². The quantitative estimate of drug-likeness (QED) is 0.810. The van der Waals surface area contributed by atoms with Crippen molar-refractivity contribution in [3.05, 3.63) is 47.2 Å². The Morgan fingerprint density at radius 3 is 2.37 bits per heavy atom. The minimum atomic E-state index is 0. The van der Waals surface area contributed by atoms with Crippen molar-refractivity contribution in [1.82, 2.24) is 9.88 Å². The lowest BCUT2D eigenvalue weighted by Gasteiger charge is -2.36. The summed E-state index contributed by atoms with van der Waals surface area (Å²) in [5.41, 5.74) is 4.92. The van der Waals surface area contributed by atoms with Crippen molar-refractivity contribution in [2.24, 2.45) is 0 Å². The van der Waals surface area contributed by atoms with E-state index in [4.69, 9.17) is 4.74 Å². The molecule has 1 aliphatic heterocycles. The predicted molar refractivity (Wildman–Crippen MR) is 116 cm³/mol. The highest BCUT2D eigenvalue weighted by Crippen LogP contribution is 2.26. The van der Waals surface area contributed by atoms with Gasteiger partial charge in [-0.1, -0.05) is 12.1 Å². The summed E-state index contributed by atoms with van der Waals surface area (Å²) in [5.74, 6) is 2.08. The van der Waals surface area contributed by atoms with Crippen LogP contribution in [-0.2, 0) is 6.54 Å². The predicted octanol–water partition coefficient (Wildman–Crippen LogP) is 3.88. The molecule has 0 unspecified atom stereocenters. The zero-order chi connectivity index (χ0) is 18.5. The molecule has 0 amide bonds. The first-order valence-corrected chi connectivity index (χ1v) is 9.42. The molecule has 1 fully saturated rings. The van der Waals surface area contributed by atoms with Crippen LogP contribution in [-0.4, -0.2) is 49.7 Å². The van der Waals surface area contributed by atoms with Crippen molar-refractivity contribution in [2.75, 3.05) is 50.1 Å². The molecule has 5 nitrogen and oxygen atoms in total. The monoisotopic (exact) mass is 390 g/mol. The molecule has 148 valence electrons. The van der Waals surface area contributed by atoms with Crippen molar-refractivity contribution >= 4 is 23.9 Å². The Morgan fingerprint density at radius 1 is 1.11 bits per heavy atom. The Hall–Kier alpha value is -1.98. The Morgan fingerprint density at radius 2 is 1.78 bits per heavy atom. The Kier molecular flexibility index (Phi) is 7.75. The average Bonchev–Trinajstić information content (AvgIpc) is 2.63. The number of aromatic nitrogens is 1. The second kappa shape index (κ2) is 9.81. The van der Waals surface area contributed by atoms with E-state index in [9.17, 15) is 0 Å². The maximum atomic E-state index is 5.48. The number of pyridine rings is 1. The summed E-state index contributed by atoms with van der Waals surface area (Å²) in [5, 5.41) is 3.42. The molecule has 0 atom stereocenters. The third-order valence-corrected chi connectivity index (χ3v) is 4.96. The van der Waals surface area contributed by atoms with Gasteiger partial charge in [-0.15, -0.1) is 12.4 Å². The first kappa shape index (κ1) is 21.3. The van der Waals surface area contributed by atoms with Gasteiger partial charge in [0.25, 0.3) is 0 Å². The molecule has 3 rings (SSSR count). The van der Waals surface area contributed by atoms with Gasteiger partial charge >= 0.3 is 0 Å². The van der Waals surface area contributed by atoms with Gasteiger partial charge in [-0.2, -0.15) is 0 Å². The van der Waals surface area contributed by atoms with E-state index in [0.29, 0.717) is 0 Å². The van der Waals surface area contributed by atoms with Crippen LogP contribution in [0.3, 0.4) is 0 Å². The van der Waals surface area contributed by atoms with Crippen molar-refractivity contribution < 1.29 is 4.74 Å². The summed E-state index contributed by atoms with van der Waals surface area (Å²) >= 11 is 0. The fraction of sp³-hybridized carbons (Fsp3) is 0.476. The van der Waals surface area contributed by atoms with Gasteiger partial charge < -0.3 is 15.0 Å². The van der Waals surface area contributed by atoms with Gasteiger partial charge in [0.2, 0.25) is 0 Å². The molecule has 1 N–H and O–H groups in total. The highest BCUT2D eigenvalue weighted by atomic mass is 35.5. The first-order chi connectivity index (χ1) is 12.6. The number of piperazine rings is 1. The second-order valence-electron chi connectivity index (χ2n) is 6.93. The summed E-state index contributed by atoms with van der Waals surface area (Å²) in [7, 11) is 1.74. The third kappa shape index (κ3) is 5.05. The Balaban J connectivity index is 0.00000261. The highest BCUT2D eigenvalue weighted by molar-refractivity contribution is 5.85. The smallest absolute Gasteiger partial charge is 0.152 e. The number of anilines is 2. The standard InChI is InChI=1S/C21H30N4O.ClH/c1-5-22-19-7-6-8-23-21(19)25-11-9-24(10-12-25)15-18-13-16(2)20(26-4)17(3)14-18;/h6-8,13-14,22H,5,9-12,15H2,1-4H3;1H. The fourth-order valence-corrected chi connectivity index (χ4v) is 3.81. The Bertz CT molecular complexity index is 722. The third-order valence-electron chi connectivity index (χ3n) is 4.96. The van der Waals surface area contributed by atoms with Crippen LogP contribution in [0.1, 0.15) is 23.6 Å². The van der Waals surface area contributed by atoms with Crippen LogP contribution in [0.15, 0.2) is 30.5 Å². The van der Waals surface area contributed by atoms with Gasteiger partial charge in [-0.05, 0) is 49.6 Å². The van der Waals surface area contributed by atoms with E-state index in [-0.39, 0.29) is 12.4 Å². The zero-order valence-electron chi connectivity index (χ0n) is 16.8. The molecule has 1 saturated heterocycles. The normalized spacial score (nSPS) is 14.6. The van der Waals surface area contributed by atoms with Gasteiger partial charge in [0.1, 0.15) is 5.75 Å². The number of rotatable bonds is 6. The van der Waals surface area contributed by atoms with E-state index in [0.717, 1.165) is 56.5 Å². The highest BCUT2D eigenvalue weighted by Gasteiger charge is 2.20. The second-order valence-corrected chi connectivity index (χ2v) is 6.93. The zero-order valence-corrected chi connectivity index (χ0v) is 17.6. The summed E-state index contributed by atoms with van der Waals surface area (Å²) in [6.07, 6.45) is 1.88. The number of nitrogens with zero attached hydrogens (tertiary/aromatic N) is 3. The lowest BCUT2D eigenvalue weighted by atomic mass is 10.0. The minimum Gasteiger partial charge on any atom is -0.496 e. The minimum absolute atomic E-state index is 0. The number of benzene rings is 1. The number of aryl methyl sites for hydroxylation is 2. The van der Waals surface area contributed by atoms with Crippen LogP contribution in [0.2, 0.25) is 0 Å². The van der Waals surface area contributed by atoms with Crippen molar-refractivity contribution in [3.8, 4) is 5.75 Å². The van der Waals surface area contributed by atoms with Crippen molar-refractivity contribution in [3.63, 3.8) is 0 Å². The number of halogens is 1. The van der Waals surface area contributed by atoms with E-state index in [1.807, 2.05) is 12.3 Å². The molecule has 1 aliphatic rings. The number of hydrogen-bond donors (Lipinski definition) is 1. The number of methoxy groups -OCH3 is 1. The van der Waals surface area contributed by atoms with E-state index >= 15 is 0 Å². The lowest BCUT2D eigenvalue weighted by molar-refractivity contribution is 0.249. The van der Waals surface area contributed by atoms with Gasteiger partial charge in [-0.25, -0.2) is 4.98 Å². The summed E-state index contributed by atoms with van der Waals surface area (Å²) in [6.45, 7) is 12.4. The molecule has 2 aromatic rings. The first-order valence-electron chi connectivity index (χ1n) is 9.42. The van der Waals surface area contributed by atoms with Crippen LogP contribution in [0.5, 0.6) is 5.75 Å². The molecule has 1 aromatic heterocycles. The van der Waals surface area contributed by atoms with Crippen LogP contribution < -0.4 is 15.0 Å². The summed E-state index contributed by atoms with van der Waals surface area (Å²) in [4.78, 5) is 9.51. The van der Waals surface area contributed by atoms with Crippen LogP contribution in [0, 0.1) is 13.8 Å². The van der Waals surface area contributed by atoms with Crippen LogP contribution >= 0.6 is 12.4 Å². The topological polar surface area (TPSA) is 40.6 Å². The van der Waals surface area contributed by atoms with Crippen LogP contribution in [0.25, 0.3) is 0 Å². The van der Waals surface area contributed by atoms with Crippen LogP contribution in [0.4, 0.5) is 11.5 Å². The summed E-state index contributed by atoms with van der Waals surface area (Å²) < 4.78 is 5.48. The van der Waals surface area contributed by atoms with E-state index in [1.54, 1.807) is 7.11 Å². The fourth-order valence-electron chi connectivity index (χ4n) is 3.81. The van der Waals surface area contributed by atoms with E-state index in [2.05, 4.69) is 59.1 Å². The van der Waals surface area contributed by atoms with Crippen molar-refractivity contribution in [2.45, 2.75) is 27.3 Å². The van der Waals surface area contributed by atoms with E-state index in [1.165, 1.54) is 16.7 Å². The molecular formula is C21H31ClN4O. The SMILES string of the molecule is CCNc1cccnc1N1CCN(Cc2cc(C)c(OC)c(C)c2)CC1.Cl. The average molecular weight is 391 g/mol. The maximum Gasteiger partial charge on any atom is 0.152 e. The molecule has 0 saturated carbocycles. The van der Waals surface area contributed by atoms with Gasteiger partial charge in [0.15, 0.2) is 5.82 Å². The summed E-state index contributed by atoms with van der Waals surface area (Å²) in [6, 6.07) is 8.60. The largest absolute Gasteiger partial charge is 0.496 e. The molecule has 0 aliphatic carbocycles. The Labute approximate surface area is 169 Å². The number of hydrogen-bond acceptors (Lipinski definition) is 5. The molecule has 6 heteroatoms. The number of nitrogens with one attached hydrogen (secondary N) is 1. The van der Waals surface area contributed by atoms with Gasteiger partial charge in [0.05, 0.1) is 12.8 Å². The molecule has 1 aromatic carbocycles.